The summed E-state index contributed by atoms with van der Waals surface area (Å²) in [6.45, 7) is 3.14. The van der Waals surface area contributed by atoms with E-state index in [1.165, 1.54) is 4.31 Å². The molecule has 0 spiro atoms. The number of nitrogens with one attached hydrogen (secondary N) is 1. The standard InChI is InChI=1S/C20H23BrN2O3S/c1-15-14-17(21)7-10-19(15)22-20(24)11-6-16-4-8-18(9-5-16)27(25,26)23-12-2-3-13-23/h4-5,7-10,14H,2-3,6,11-13H2,1H3,(H,22,24). The fourth-order valence-electron chi connectivity index (χ4n) is 3.14. The first-order valence-electron chi connectivity index (χ1n) is 9.01. The van der Waals surface area contributed by atoms with Gasteiger partial charge in [0.1, 0.15) is 0 Å². The second kappa shape index (κ2) is 8.54. The molecular weight excluding hydrogens is 428 g/mol. The Morgan fingerprint density at radius 3 is 2.41 bits per heavy atom. The lowest BCUT2D eigenvalue weighted by molar-refractivity contribution is -0.116. The highest BCUT2D eigenvalue weighted by atomic mass is 79.9. The van der Waals surface area contributed by atoms with Gasteiger partial charge in [0.15, 0.2) is 0 Å². The number of carbonyl (C=O) groups is 1. The Hall–Kier alpha value is -1.70. The predicted octanol–water partition coefficient (Wildman–Crippen LogP) is 4.11. The van der Waals surface area contributed by atoms with Crippen LogP contribution in [0, 0.1) is 6.92 Å². The van der Waals surface area contributed by atoms with Crippen LogP contribution in [0.25, 0.3) is 0 Å². The van der Waals surface area contributed by atoms with Crippen LogP contribution in [0.4, 0.5) is 5.69 Å². The molecule has 1 saturated heterocycles. The van der Waals surface area contributed by atoms with E-state index in [0.717, 1.165) is 34.1 Å². The second-order valence-electron chi connectivity index (χ2n) is 6.76. The van der Waals surface area contributed by atoms with Crippen LogP contribution in [-0.2, 0) is 21.2 Å². The molecule has 0 radical (unpaired) electrons. The van der Waals surface area contributed by atoms with Crippen molar-refractivity contribution in [1.29, 1.82) is 0 Å². The topological polar surface area (TPSA) is 66.5 Å². The average Bonchev–Trinajstić information content (AvgIpc) is 3.18. The maximum atomic E-state index is 12.5. The van der Waals surface area contributed by atoms with Gasteiger partial charge in [-0.15, -0.1) is 0 Å². The zero-order valence-corrected chi connectivity index (χ0v) is 17.6. The first-order valence-corrected chi connectivity index (χ1v) is 11.2. The molecule has 0 aromatic heterocycles. The van der Waals surface area contributed by atoms with Gasteiger partial charge in [-0.3, -0.25) is 4.79 Å². The number of sulfonamides is 1. The van der Waals surface area contributed by atoms with Crippen LogP contribution in [0.5, 0.6) is 0 Å². The summed E-state index contributed by atoms with van der Waals surface area (Å²) in [7, 11) is -3.39. The summed E-state index contributed by atoms with van der Waals surface area (Å²) in [4.78, 5) is 12.5. The van der Waals surface area contributed by atoms with Crippen molar-refractivity contribution < 1.29 is 13.2 Å². The molecular formula is C20H23BrN2O3S. The van der Waals surface area contributed by atoms with Gasteiger partial charge < -0.3 is 5.32 Å². The van der Waals surface area contributed by atoms with Gasteiger partial charge in [0.25, 0.3) is 0 Å². The smallest absolute Gasteiger partial charge is 0.243 e. The van der Waals surface area contributed by atoms with Crippen molar-refractivity contribution in [2.24, 2.45) is 0 Å². The van der Waals surface area contributed by atoms with E-state index < -0.39 is 10.0 Å². The Morgan fingerprint density at radius 1 is 1.11 bits per heavy atom. The minimum atomic E-state index is -3.39. The molecule has 1 amide bonds. The minimum absolute atomic E-state index is 0.0609. The highest BCUT2D eigenvalue weighted by Gasteiger charge is 2.26. The summed E-state index contributed by atoms with van der Waals surface area (Å²) in [5, 5.41) is 2.92. The Labute approximate surface area is 169 Å². The molecule has 5 nitrogen and oxygen atoms in total. The highest BCUT2D eigenvalue weighted by Crippen LogP contribution is 2.22. The second-order valence-corrected chi connectivity index (χ2v) is 9.62. The quantitative estimate of drug-likeness (QED) is 0.719. The van der Waals surface area contributed by atoms with Gasteiger partial charge in [0.05, 0.1) is 4.90 Å². The molecule has 2 aromatic carbocycles. The monoisotopic (exact) mass is 450 g/mol. The lowest BCUT2D eigenvalue weighted by Crippen LogP contribution is -2.27. The third kappa shape index (κ3) is 4.97. The molecule has 144 valence electrons. The van der Waals surface area contributed by atoms with Gasteiger partial charge in [-0.2, -0.15) is 4.31 Å². The van der Waals surface area contributed by atoms with E-state index in [9.17, 15) is 13.2 Å². The highest BCUT2D eigenvalue weighted by molar-refractivity contribution is 9.10. The predicted molar refractivity (Wildman–Crippen MR) is 110 cm³/mol. The molecule has 1 fully saturated rings. The van der Waals surface area contributed by atoms with Crippen molar-refractivity contribution in [1.82, 2.24) is 4.31 Å². The van der Waals surface area contributed by atoms with Crippen LogP contribution in [0.3, 0.4) is 0 Å². The first kappa shape index (κ1) is 20.0. The summed E-state index contributed by atoms with van der Waals surface area (Å²) in [5.74, 6) is -0.0609. The van der Waals surface area contributed by atoms with Gasteiger partial charge in [-0.05, 0) is 67.6 Å². The molecule has 3 rings (SSSR count). The molecule has 1 heterocycles. The van der Waals surface area contributed by atoms with E-state index in [0.29, 0.717) is 30.8 Å². The van der Waals surface area contributed by atoms with E-state index in [2.05, 4.69) is 21.2 Å². The summed E-state index contributed by atoms with van der Waals surface area (Å²) < 4.78 is 27.6. The molecule has 1 aliphatic rings. The number of benzene rings is 2. The van der Waals surface area contributed by atoms with E-state index in [4.69, 9.17) is 0 Å². The Morgan fingerprint density at radius 2 is 1.78 bits per heavy atom. The molecule has 2 aromatic rings. The Kier molecular flexibility index (Phi) is 6.34. The fraction of sp³-hybridized carbons (Fsp3) is 0.350. The molecule has 1 aliphatic heterocycles. The van der Waals surface area contributed by atoms with Crippen LogP contribution in [0.1, 0.15) is 30.4 Å². The fourth-order valence-corrected chi connectivity index (χ4v) is 5.14. The first-order chi connectivity index (χ1) is 12.9. The van der Waals surface area contributed by atoms with Crippen LogP contribution < -0.4 is 5.32 Å². The van der Waals surface area contributed by atoms with Crippen molar-refractivity contribution in [3.8, 4) is 0 Å². The number of aryl methyl sites for hydroxylation is 2. The van der Waals surface area contributed by atoms with E-state index >= 15 is 0 Å². The maximum absolute atomic E-state index is 12.5. The molecule has 0 unspecified atom stereocenters. The normalized spacial score (nSPS) is 15.0. The SMILES string of the molecule is Cc1cc(Br)ccc1NC(=O)CCc1ccc(S(=O)(=O)N2CCCC2)cc1. The van der Waals surface area contributed by atoms with Crippen molar-refractivity contribution in [2.45, 2.75) is 37.5 Å². The Bertz CT molecular complexity index is 921. The van der Waals surface area contributed by atoms with Crippen molar-refractivity contribution in [3.05, 3.63) is 58.1 Å². The zero-order chi connectivity index (χ0) is 19.4. The van der Waals surface area contributed by atoms with Gasteiger partial charge in [0.2, 0.25) is 15.9 Å². The number of nitrogens with zero attached hydrogens (tertiary/aromatic N) is 1. The van der Waals surface area contributed by atoms with Crippen molar-refractivity contribution in [3.63, 3.8) is 0 Å². The molecule has 0 saturated carbocycles. The number of halogens is 1. The molecule has 27 heavy (non-hydrogen) atoms. The summed E-state index contributed by atoms with van der Waals surface area (Å²) in [6, 6.07) is 12.6. The molecule has 0 aliphatic carbocycles. The van der Waals surface area contributed by atoms with Gasteiger partial charge in [-0.25, -0.2) is 8.42 Å². The van der Waals surface area contributed by atoms with E-state index in [1.54, 1.807) is 24.3 Å². The van der Waals surface area contributed by atoms with Crippen LogP contribution in [-0.4, -0.2) is 31.7 Å². The molecule has 0 atom stereocenters. The summed E-state index contributed by atoms with van der Waals surface area (Å²) >= 11 is 3.41. The third-order valence-electron chi connectivity index (χ3n) is 4.73. The number of anilines is 1. The van der Waals surface area contributed by atoms with Gasteiger partial charge in [-0.1, -0.05) is 28.1 Å². The van der Waals surface area contributed by atoms with Crippen LogP contribution in [0.2, 0.25) is 0 Å². The third-order valence-corrected chi connectivity index (χ3v) is 7.14. The van der Waals surface area contributed by atoms with E-state index in [1.807, 2.05) is 25.1 Å². The number of hydrogen-bond acceptors (Lipinski definition) is 3. The lowest BCUT2D eigenvalue weighted by atomic mass is 10.1. The molecule has 7 heteroatoms. The summed E-state index contributed by atoms with van der Waals surface area (Å²) in [6.07, 6.45) is 2.74. The lowest BCUT2D eigenvalue weighted by Gasteiger charge is -2.15. The molecule has 0 bridgehead atoms. The number of hydrogen-bond donors (Lipinski definition) is 1. The van der Waals surface area contributed by atoms with E-state index in [-0.39, 0.29) is 5.91 Å². The maximum Gasteiger partial charge on any atom is 0.243 e. The van der Waals surface area contributed by atoms with Gasteiger partial charge in [0, 0.05) is 29.7 Å². The average molecular weight is 451 g/mol. The number of carbonyl (C=O) groups excluding carboxylic acids is 1. The van der Waals surface area contributed by atoms with Crippen molar-refractivity contribution >= 4 is 37.5 Å². The zero-order valence-electron chi connectivity index (χ0n) is 15.2. The summed E-state index contributed by atoms with van der Waals surface area (Å²) in [5.41, 5.74) is 2.74. The van der Waals surface area contributed by atoms with Gasteiger partial charge >= 0.3 is 0 Å². The number of amides is 1. The minimum Gasteiger partial charge on any atom is -0.326 e. The Balaban J connectivity index is 1.57. The number of rotatable bonds is 6. The van der Waals surface area contributed by atoms with Crippen LogP contribution >= 0.6 is 15.9 Å². The van der Waals surface area contributed by atoms with Crippen molar-refractivity contribution in [2.75, 3.05) is 18.4 Å². The van der Waals surface area contributed by atoms with Crippen LogP contribution in [0.15, 0.2) is 51.8 Å². The largest absolute Gasteiger partial charge is 0.326 e. The molecule has 1 N–H and O–H groups in total.